The number of para-hydroxylation sites is 1. The first kappa shape index (κ1) is 17.4. The predicted octanol–water partition coefficient (Wildman–Crippen LogP) is 4.25. The SMILES string of the molecule is CCC(Oc1ccccc1Cl)C(=O)NCCCc1ccccc1. The summed E-state index contributed by atoms with van der Waals surface area (Å²) < 4.78 is 5.73. The molecule has 1 N–H and O–H groups in total. The molecule has 3 nitrogen and oxygen atoms in total. The average Bonchev–Trinajstić information content (AvgIpc) is 2.59. The molecular formula is C19H22ClNO2. The summed E-state index contributed by atoms with van der Waals surface area (Å²) in [5.41, 5.74) is 1.28. The van der Waals surface area contributed by atoms with E-state index in [1.165, 1.54) is 5.56 Å². The summed E-state index contributed by atoms with van der Waals surface area (Å²) in [5, 5.41) is 3.45. The molecule has 0 bridgehead atoms. The van der Waals surface area contributed by atoms with Gasteiger partial charge in [-0.3, -0.25) is 4.79 Å². The van der Waals surface area contributed by atoms with Crippen LogP contribution in [0.1, 0.15) is 25.3 Å². The van der Waals surface area contributed by atoms with Gasteiger partial charge in [0.05, 0.1) is 5.02 Å². The molecule has 122 valence electrons. The summed E-state index contributed by atoms with van der Waals surface area (Å²) in [5.74, 6) is 0.445. The van der Waals surface area contributed by atoms with Crippen LogP contribution < -0.4 is 10.1 Å². The number of amides is 1. The highest BCUT2D eigenvalue weighted by molar-refractivity contribution is 6.32. The Bertz CT molecular complexity index is 616. The Labute approximate surface area is 142 Å². The summed E-state index contributed by atoms with van der Waals surface area (Å²) >= 11 is 6.07. The van der Waals surface area contributed by atoms with Crippen molar-refractivity contribution < 1.29 is 9.53 Å². The number of carbonyl (C=O) groups excluding carboxylic acids is 1. The van der Waals surface area contributed by atoms with E-state index in [1.807, 2.05) is 37.3 Å². The van der Waals surface area contributed by atoms with Gasteiger partial charge in [-0.1, -0.05) is 61.0 Å². The highest BCUT2D eigenvalue weighted by Gasteiger charge is 2.18. The molecule has 0 aliphatic carbocycles. The Morgan fingerprint density at radius 2 is 1.83 bits per heavy atom. The zero-order valence-corrected chi connectivity index (χ0v) is 14.1. The number of ether oxygens (including phenoxy) is 1. The summed E-state index contributed by atoms with van der Waals surface area (Å²) in [7, 11) is 0. The van der Waals surface area contributed by atoms with Crippen LogP contribution >= 0.6 is 11.6 Å². The minimum atomic E-state index is -0.522. The third kappa shape index (κ3) is 5.61. The number of hydrogen-bond acceptors (Lipinski definition) is 2. The Hall–Kier alpha value is -2.00. The van der Waals surface area contributed by atoms with Crippen LogP contribution in [0.15, 0.2) is 54.6 Å². The monoisotopic (exact) mass is 331 g/mol. The van der Waals surface area contributed by atoms with Gasteiger partial charge in [-0.25, -0.2) is 0 Å². The van der Waals surface area contributed by atoms with Gasteiger partial charge >= 0.3 is 0 Å². The maximum Gasteiger partial charge on any atom is 0.261 e. The van der Waals surface area contributed by atoms with Crippen LogP contribution in [0.3, 0.4) is 0 Å². The standard InChI is InChI=1S/C19H22ClNO2/c1-2-17(23-18-13-7-6-12-16(18)20)19(22)21-14-8-11-15-9-4-3-5-10-15/h3-7,9-10,12-13,17H,2,8,11,14H2,1H3,(H,21,22). The average molecular weight is 332 g/mol. The number of hydrogen-bond donors (Lipinski definition) is 1. The maximum atomic E-state index is 12.2. The molecular weight excluding hydrogens is 310 g/mol. The van der Waals surface area contributed by atoms with Gasteiger partial charge < -0.3 is 10.1 Å². The van der Waals surface area contributed by atoms with Crippen LogP contribution in [0.2, 0.25) is 5.02 Å². The molecule has 0 radical (unpaired) electrons. The second-order valence-corrected chi connectivity index (χ2v) is 5.73. The van der Waals surface area contributed by atoms with Crippen molar-refractivity contribution in [2.45, 2.75) is 32.3 Å². The minimum absolute atomic E-state index is 0.0968. The number of carbonyl (C=O) groups is 1. The van der Waals surface area contributed by atoms with E-state index < -0.39 is 6.10 Å². The third-order valence-electron chi connectivity index (χ3n) is 3.55. The lowest BCUT2D eigenvalue weighted by molar-refractivity contribution is -0.128. The molecule has 2 aromatic carbocycles. The van der Waals surface area contributed by atoms with Crippen molar-refractivity contribution in [2.75, 3.05) is 6.54 Å². The molecule has 0 aromatic heterocycles. The van der Waals surface area contributed by atoms with E-state index in [2.05, 4.69) is 17.4 Å². The van der Waals surface area contributed by atoms with Crippen molar-refractivity contribution in [1.82, 2.24) is 5.32 Å². The molecule has 0 saturated heterocycles. The van der Waals surface area contributed by atoms with Crippen molar-refractivity contribution in [2.24, 2.45) is 0 Å². The number of benzene rings is 2. The summed E-state index contributed by atoms with van der Waals surface area (Å²) in [6, 6.07) is 17.4. The molecule has 0 aliphatic rings. The smallest absolute Gasteiger partial charge is 0.261 e. The molecule has 23 heavy (non-hydrogen) atoms. The lowest BCUT2D eigenvalue weighted by Crippen LogP contribution is -2.38. The first-order valence-corrected chi connectivity index (χ1v) is 8.31. The Morgan fingerprint density at radius 3 is 2.52 bits per heavy atom. The van der Waals surface area contributed by atoms with Crippen LogP contribution in [-0.4, -0.2) is 18.6 Å². The van der Waals surface area contributed by atoms with Gasteiger partial charge in [0.1, 0.15) is 5.75 Å². The molecule has 0 saturated carbocycles. The second kappa shape index (κ2) is 9.21. The number of rotatable bonds is 8. The molecule has 2 aromatic rings. The van der Waals surface area contributed by atoms with E-state index in [-0.39, 0.29) is 5.91 Å². The first-order chi connectivity index (χ1) is 11.2. The van der Waals surface area contributed by atoms with Gasteiger partial charge in [0.2, 0.25) is 0 Å². The Morgan fingerprint density at radius 1 is 1.13 bits per heavy atom. The quantitative estimate of drug-likeness (QED) is 0.734. The van der Waals surface area contributed by atoms with Crippen molar-refractivity contribution in [1.29, 1.82) is 0 Å². The van der Waals surface area contributed by atoms with Gasteiger partial charge in [0.15, 0.2) is 6.10 Å². The summed E-state index contributed by atoms with van der Waals surface area (Å²) in [6.45, 7) is 2.56. The van der Waals surface area contributed by atoms with Crippen LogP contribution in [0.4, 0.5) is 0 Å². The fourth-order valence-electron chi connectivity index (χ4n) is 2.28. The van der Waals surface area contributed by atoms with Crippen molar-refractivity contribution in [3.63, 3.8) is 0 Å². The van der Waals surface area contributed by atoms with Gasteiger partial charge in [0, 0.05) is 6.54 Å². The number of aryl methyl sites for hydroxylation is 1. The highest BCUT2D eigenvalue weighted by atomic mass is 35.5. The van der Waals surface area contributed by atoms with Gasteiger partial charge in [-0.2, -0.15) is 0 Å². The predicted molar refractivity (Wildman–Crippen MR) is 93.9 cm³/mol. The van der Waals surface area contributed by atoms with E-state index in [1.54, 1.807) is 12.1 Å². The molecule has 0 heterocycles. The number of halogens is 1. The highest BCUT2D eigenvalue weighted by Crippen LogP contribution is 2.24. The van der Waals surface area contributed by atoms with E-state index in [9.17, 15) is 4.79 Å². The summed E-state index contributed by atoms with van der Waals surface area (Å²) in [4.78, 5) is 12.2. The van der Waals surface area contributed by atoms with Gasteiger partial charge in [-0.05, 0) is 37.0 Å². The minimum Gasteiger partial charge on any atom is -0.479 e. The molecule has 1 unspecified atom stereocenters. The maximum absolute atomic E-state index is 12.2. The number of nitrogens with one attached hydrogen (secondary N) is 1. The third-order valence-corrected chi connectivity index (χ3v) is 3.87. The largest absolute Gasteiger partial charge is 0.479 e. The van der Waals surface area contributed by atoms with Crippen molar-refractivity contribution in [3.05, 3.63) is 65.2 Å². The van der Waals surface area contributed by atoms with Crippen LogP contribution in [0.25, 0.3) is 0 Å². The van der Waals surface area contributed by atoms with E-state index in [0.717, 1.165) is 12.8 Å². The normalized spacial score (nSPS) is 11.7. The first-order valence-electron chi connectivity index (χ1n) is 7.93. The molecule has 4 heteroatoms. The second-order valence-electron chi connectivity index (χ2n) is 5.33. The molecule has 0 spiro atoms. The lowest BCUT2D eigenvalue weighted by Gasteiger charge is -2.18. The van der Waals surface area contributed by atoms with E-state index >= 15 is 0 Å². The van der Waals surface area contributed by atoms with Crippen molar-refractivity contribution in [3.8, 4) is 5.75 Å². The molecule has 0 fully saturated rings. The topological polar surface area (TPSA) is 38.3 Å². The van der Waals surface area contributed by atoms with Gasteiger partial charge in [-0.15, -0.1) is 0 Å². The van der Waals surface area contributed by atoms with E-state index in [4.69, 9.17) is 16.3 Å². The zero-order valence-electron chi connectivity index (χ0n) is 13.3. The van der Waals surface area contributed by atoms with Crippen LogP contribution in [0, 0.1) is 0 Å². The van der Waals surface area contributed by atoms with Crippen molar-refractivity contribution >= 4 is 17.5 Å². The molecule has 1 atom stereocenters. The van der Waals surface area contributed by atoms with Crippen LogP contribution in [0.5, 0.6) is 5.75 Å². The fourth-order valence-corrected chi connectivity index (χ4v) is 2.46. The molecule has 0 aliphatic heterocycles. The zero-order chi connectivity index (χ0) is 16.5. The van der Waals surface area contributed by atoms with E-state index in [0.29, 0.717) is 23.7 Å². The Kier molecular flexibility index (Phi) is 6.95. The fraction of sp³-hybridized carbons (Fsp3) is 0.316. The lowest BCUT2D eigenvalue weighted by atomic mass is 10.1. The van der Waals surface area contributed by atoms with Gasteiger partial charge in [0.25, 0.3) is 5.91 Å². The molecule has 2 rings (SSSR count). The van der Waals surface area contributed by atoms with Crippen LogP contribution in [-0.2, 0) is 11.2 Å². The Balaban J connectivity index is 1.77. The molecule has 1 amide bonds. The summed E-state index contributed by atoms with van der Waals surface area (Å²) in [6.07, 6.45) is 1.92.